The standard InChI is InChI=1S/C21H18N2O2/c1-25-20-12-6-5-10-17(20)14-19(16-8-3-2-4-9-16)21(24)23-18-11-7-13-22-15-18/h2-15H,1H3,(H,23,24)/b19-14+. The summed E-state index contributed by atoms with van der Waals surface area (Å²) in [7, 11) is 1.62. The molecule has 0 radical (unpaired) electrons. The lowest BCUT2D eigenvalue weighted by atomic mass is 10.0. The molecule has 0 unspecified atom stereocenters. The maximum Gasteiger partial charge on any atom is 0.256 e. The highest BCUT2D eigenvalue weighted by Crippen LogP contribution is 2.25. The van der Waals surface area contributed by atoms with Gasteiger partial charge in [0.15, 0.2) is 0 Å². The Balaban J connectivity index is 2.01. The largest absolute Gasteiger partial charge is 0.496 e. The molecule has 4 heteroatoms. The summed E-state index contributed by atoms with van der Waals surface area (Å²) in [4.78, 5) is 16.9. The number of pyridine rings is 1. The normalized spacial score (nSPS) is 11.0. The average molecular weight is 330 g/mol. The summed E-state index contributed by atoms with van der Waals surface area (Å²) in [6.07, 6.45) is 5.11. The maximum atomic E-state index is 12.9. The highest BCUT2D eigenvalue weighted by Gasteiger charge is 2.13. The van der Waals surface area contributed by atoms with E-state index < -0.39 is 0 Å². The molecule has 0 aliphatic heterocycles. The van der Waals surface area contributed by atoms with Gasteiger partial charge in [-0.2, -0.15) is 0 Å². The lowest BCUT2D eigenvalue weighted by Crippen LogP contribution is -2.13. The third-order valence-electron chi connectivity index (χ3n) is 3.69. The van der Waals surface area contributed by atoms with Crippen molar-refractivity contribution in [1.82, 2.24) is 4.98 Å². The van der Waals surface area contributed by atoms with Crippen LogP contribution in [0.15, 0.2) is 79.1 Å². The van der Waals surface area contributed by atoms with Gasteiger partial charge in [0.2, 0.25) is 0 Å². The van der Waals surface area contributed by atoms with Crippen molar-refractivity contribution >= 4 is 23.2 Å². The molecule has 0 saturated heterocycles. The number of para-hydroxylation sites is 1. The molecule has 1 N–H and O–H groups in total. The van der Waals surface area contributed by atoms with E-state index in [1.165, 1.54) is 0 Å². The number of hydrogen-bond acceptors (Lipinski definition) is 3. The predicted octanol–water partition coefficient (Wildman–Crippen LogP) is 4.27. The number of aromatic nitrogens is 1. The van der Waals surface area contributed by atoms with Gasteiger partial charge < -0.3 is 10.1 Å². The second kappa shape index (κ2) is 7.93. The smallest absolute Gasteiger partial charge is 0.256 e. The molecule has 0 saturated carbocycles. The van der Waals surface area contributed by atoms with Gasteiger partial charge in [-0.05, 0) is 29.8 Å². The van der Waals surface area contributed by atoms with E-state index in [0.29, 0.717) is 17.0 Å². The molecule has 0 aliphatic carbocycles. The molecule has 0 fully saturated rings. The lowest BCUT2D eigenvalue weighted by molar-refractivity contribution is -0.111. The second-order valence-electron chi connectivity index (χ2n) is 5.36. The third-order valence-corrected chi connectivity index (χ3v) is 3.69. The zero-order valence-corrected chi connectivity index (χ0v) is 13.8. The fourth-order valence-corrected chi connectivity index (χ4v) is 2.47. The molecular weight excluding hydrogens is 312 g/mol. The first-order chi connectivity index (χ1) is 12.3. The maximum absolute atomic E-state index is 12.9. The third kappa shape index (κ3) is 4.12. The van der Waals surface area contributed by atoms with Crippen molar-refractivity contribution in [3.8, 4) is 5.75 Å². The number of hydrogen-bond donors (Lipinski definition) is 1. The fourth-order valence-electron chi connectivity index (χ4n) is 2.47. The van der Waals surface area contributed by atoms with Crippen LogP contribution in [0.25, 0.3) is 11.6 Å². The number of amides is 1. The zero-order valence-electron chi connectivity index (χ0n) is 13.8. The van der Waals surface area contributed by atoms with Crippen molar-refractivity contribution in [3.05, 3.63) is 90.3 Å². The van der Waals surface area contributed by atoms with E-state index in [1.54, 1.807) is 31.6 Å². The number of benzene rings is 2. The van der Waals surface area contributed by atoms with E-state index in [4.69, 9.17) is 4.74 Å². The molecule has 0 bridgehead atoms. The number of carbonyl (C=O) groups is 1. The van der Waals surface area contributed by atoms with Gasteiger partial charge in [0.05, 0.1) is 19.0 Å². The Labute approximate surface area is 146 Å². The molecule has 0 atom stereocenters. The Kier molecular flexibility index (Phi) is 5.22. The Morgan fingerprint density at radius 2 is 1.76 bits per heavy atom. The molecule has 3 rings (SSSR count). The summed E-state index contributed by atoms with van der Waals surface area (Å²) in [5.74, 6) is 0.509. The topological polar surface area (TPSA) is 51.2 Å². The van der Waals surface area contributed by atoms with E-state index in [1.807, 2.05) is 60.7 Å². The van der Waals surface area contributed by atoms with Gasteiger partial charge in [0.1, 0.15) is 5.75 Å². The van der Waals surface area contributed by atoms with Crippen molar-refractivity contribution < 1.29 is 9.53 Å². The number of carbonyl (C=O) groups excluding carboxylic acids is 1. The minimum Gasteiger partial charge on any atom is -0.496 e. The molecule has 2 aromatic carbocycles. The first kappa shape index (κ1) is 16.5. The Hall–Kier alpha value is -3.40. The van der Waals surface area contributed by atoms with Crippen molar-refractivity contribution in [2.45, 2.75) is 0 Å². The highest BCUT2D eigenvalue weighted by molar-refractivity contribution is 6.29. The van der Waals surface area contributed by atoms with Crippen LogP contribution in [0.1, 0.15) is 11.1 Å². The molecule has 1 aromatic heterocycles. The van der Waals surface area contributed by atoms with Gasteiger partial charge >= 0.3 is 0 Å². The number of nitrogens with zero attached hydrogens (tertiary/aromatic N) is 1. The van der Waals surface area contributed by atoms with Gasteiger partial charge in [-0.3, -0.25) is 9.78 Å². The van der Waals surface area contributed by atoms with Crippen LogP contribution in [0.2, 0.25) is 0 Å². The number of rotatable bonds is 5. The van der Waals surface area contributed by atoms with Crippen LogP contribution in [0.5, 0.6) is 5.75 Å². The summed E-state index contributed by atoms with van der Waals surface area (Å²) < 4.78 is 5.39. The predicted molar refractivity (Wildman–Crippen MR) is 100 cm³/mol. The van der Waals surface area contributed by atoms with Gasteiger partial charge in [-0.25, -0.2) is 0 Å². The van der Waals surface area contributed by atoms with Gasteiger partial charge in [0.25, 0.3) is 5.91 Å². The van der Waals surface area contributed by atoms with Crippen LogP contribution in [0, 0.1) is 0 Å². The minimum atomic E-state index is -0.204. The van der Waals surface area contributed by atoms with Gasteiger partial charge in [-0.15, -0.1) is 0 Å². The van der Waals surface area contributed by atoms with E-state index in [-0.39, 0.29) is 5.91 Å². The summed E-state index contributed by atoms with van der Waals surface area (Å²) in [6, 6.07) is 20.7. The van der Waals surface area contributed by atoms with Crippen LogP contribution in [0.4, 0.5) is 5.69 Å². The second-order valence-corrected chi connectivity index (χ2v) is 5.36. The molecular formula is C21H18N2O2. The van der Waals surface area contributed by atoms with Crippen molar-refractivity contribution in [2.75, 3.05) is 12.4 Å². The van der Waals surface area contributed by atoms with Crippen LogP contribution in [0.3, 0.4) is 0 Å². The molecule has 4 nitrogen and oxygen atoms in total. The summed E-state index contributed by atoms with van der Waals surface area (Å²) in [6.45, 7) is 0. The molecule has 1 amide bonds. The Morgan fingerprint density at radius 1 is 1.00 bits per heavy atom. The summed E-state index contributed by atoms with van der Waals surface area (Å²) in [5.41, 5.74) is 2.86. The van der Waals surface area contributed by atoms with Crippen LogP contribution >= 0.6 is 0 Å². The summed E-state index contributed by atoms with van der Waals surface area (Å²) >= 11 is 0. The SMILES string of the molecule is COc1ccccc1/C=C(/C(=O)Nc1cccnc1)c1ccccc1. The van der Waals surface area contributed by atoms with Crippen molar-refractivity contribution in [3.63, 3.8) is 0 Å². The average Bonchev–Trinajstić information content (AvgIpc) is 2.67. The monoisotopic (exact) mass is 330 g/mol. The van der Waals surface area contributed by atoms with Gasteiger partial charge in [-0.1, -0.05) is 48.5 Å². The molecule has 1 heterocycles. The van der Waals surface area contributed by atoms with Crippen LogP contribution in [-0.2, 0) is 4.79 Å². The lowest BCUT2D eigenvalue weighted by Gasteiger charge is -2.11. The van der Waals surface area contributed by atoms with Gasteiger partial charge in [0, 0.05) is 17.3 Å². The number of anilines is 1. The van der Waals surface area contributed by atoms with Crippen molar-refractivity contribution in [1.29, 1.82) is 0 Å². The first-order valence-electron chi connectivity index (χ1n) is 7.89. The van der Waals surface area contributed by atoms with E-state index >= 15 is 0 Å². The number of nitrogens with one attached hydrogen (secondary N) is 1. The Morgan fingerprint density at radius 3 is 2.48 bits per heavy atom. The minimum absolute atomic E-state index is 0.204. The van der Waals surface area contributed by atoms with E-state index in [2.05, 4.69) is 10.3 Å². The molecule has 0 aliphatic rings. The molecule has 3 aromatic rings. The molecule has 0 spiro atoms. The van der Waals surface area contributed by atoms with E-state index in [0.717, 1.165) is 11.1 Å². The molecule has 124 valence electrons. The zero-order chi connectivity index (χ0) is 17.5. The quantitative estimate of drug-likeness (QED) is 0.561. The number of methoxy groups -OCH3 is 1. The Bertz CT molecular complexity index is 875. The number of ether oxygens (including phenoxy) is 1. The van der Waals surface area contributed by atoms with Crippen LogP contribution < -0.4 is 10.1 Å². The van der Waals surface area contributed by atoms with E-state index in [9.17, 15) is 4.79 Å². The fraction of sp³-hybridized carbons (Fsp3) is 0.0476. The summed E-state index contributed by atoms with van der Waals surface area (Å²) in [5, 5.41) is 2.89. The van der Waals surface area contributed by atoms with Crippen LogP contribution in [-0.4, -0.2) is 18.0 Å². The first-order valence-corrected chi connectivity index (χ1v) is 7.89. The highest BCUT2D eigenvalue weighted by atomic mass is 16.5. The molecule has 25 heavy (non-hydrogen) atoms. The van der Waals surface area contributed by atoms with Crippen molar-refractivity contribution in [2.24, 2.45) is 0 Å².